The number of nitrogens with zero attached hydrogens (tertiary/aromatic N) is 4. The molecule has 3 aromatic rings. The fourth-order valence-electron chi connectivity index (χ4n) is 4.90. The summed E-state index contributed by atoms with van der Waals surface area (Å²) in [6.45, 7) is 10.8. The van der Waals surface area contributed by atoms with Gasteiger partial charge in [-0.05, 0) is 37.6 Å². The van der Waals surface area contributed by atoms with Crippen LogP contribution in [0.1, 0.15) is 70.4 Å². The van der Waals surface area contributed by atoms with Crippen LogP contribution < -0.4 is 32.1 Å². The summed E-state index contributed by atoms with van der Waals surface area (Å²) >= 11 is 0. The zero-order valence-electron chi connectivity index (χ0n) is 32.7. The number of alkyl halides is 3. The van der Waals surface area contributed by atoms with Crippen LogP contribution >= 0.6 is 0 Å². The number of benzene rings is 1. The highest BCUT2D eigenvalue weighted by Crippen LogP contribution is 2.34. The molecule has 2 atom stereocenters. The molecule has 0 aliphatic heterocycles. The van der Waals surface area contributed by atoms with E-state index < -0.39 is 71.0 Å². The monoisotopic (exact) mass is 807 g/mol. The molecule has 18 nitrogen and oxygen atoms in total. The van der Waals surface area contributed by atoms with E-state index in [1.807, 2.05) is 20.8 Å². The second-order valence-corrected chi connectivity index (χ2v) is 14.1. The van der Waals surface area contributed by atoms with Crippen LogP contribution in [-0.2, 0) is 39.9 Å². The number of anilines is 2. The third kappa shape index (κ3) is 12.7. The lowest BCUT2D eigenvalue weighted by molar-refractivity contribution is -0.275. The Morgan fingerprint density at radius 2 is 1.63 bits per heavy atom. The van der Waals surface area contributed by atoms with E-state index in [9.17, 15) is 41.9 Å². The fraction of sp³-hybridized carbons (Fsp3) is 0.528. The summed E-state index contributed by atoms with van der Waals surface area (Å²) in [5, 5.41) is 7.54. The predicted molar refractivity (Wildman–Crippen MR) is 199 cm³/mol. The maximum atomic E-state index is 13.7. The molecule has 0 fully saturated rings. The molecule has 1 aromatic carbocycles. The molecule has 57 heavy (non-hydrogen) atoms. The number of carbonyl (C=O) groups is 5. The number of fused-ring (bicyclic) bond motifs is 1. The highest BCUT2D eigenvalue weighted by molar-refractivity contribution is 5.99. The number of halogens is 3. The first kappa shape index (κ1) is 45.8. The van der Waals surface area contributed by atoms with Crippen LogP contribution in [0.25, 0.3) is 11.2 Å². The lowest BCUT2D eigenvalue weighted by Gasteiger charge is -2.41. The van der Waals surface area contributed by atoms with Crippen LogP contribution in [0.2, 0.25) is 0 Å². The molecule has 1 unspecified atom stereocenters. The van der Waals surface area contributed by atoms with E-state index in [2.05, 4.69) is 35.9 Å². The van der Waals surface area contributed by atoms with E-state index in [0.29, 0.717) is 11.4 Å². The third-order valence-electron chi connectivity index (χ3n) is 8.59. The van der Waals surface area contributed by atoms with Gasteiger partial charge in [0, 0.05) is 42.1 Å². The summed E-state index contributed by atoms with van der Waals surface area (Å²) < 4.78 is 57.7. The summed E-state index contributed by atoms with van der Waals surface area (Å²) in [5.41, 5.74) is 3.11. The van der Waals surface area contributed by atoms with Crippen molar-refractivity contribution in [3.05, 3.63) is 52.1 Å². The average molecular weight is 808 g/mol. The number of nitrogens with one attached hydrogen (secondary N) is 4. The molecule has 0 bridgehead atoms. The zero-order valence-corrected chi connectivity index (χ0v) is 32.7. The Balaban J connectivity index is 1.70. The van der Waals surface area contributed by atoms with Crippen molar-refractivity contribution >= 4 is 52.4 Å². The zero-order chi connectivity index (χ0) is 42.7. The van der Waals surface area contributed by atoms with Gasteiger partial charge in [0.15, 0.2) is 17.0 Å². The van der Waals surface area contributed by atoms with E-state index in [0.717, 1.165) is 37.6 Å². The van der Waals surface area contributed by atoms with Gasteiger partial charge in [-0.25, -0.2) is 14.8 Å². The third-order valence-corrected chi connectivity index (χ3v) is 8.59. The van der Waals surface area contributed by atoms with Gasteiger partial charge in [0.1, 0.15) is 6.04 Å². The highest BCUT2D eigenvalue weighted by Gasteiger charge is 2.43. The molecule has 0 spiro atoms. The highest BCUT2D eigenvalue weighted by atomic mass is 19.4. The Bertz CT molecular complexity index is 1970. The molecular weight excluding hydrogens is 759 g/mol. The Labute approximate surface area is 325 Å². The number of aromatic amines is 1. The summed E-state index contributed by atoms with van der Waals surface area (Å²) in [5.74, 6) is -6.46. The molecule has 21 heteroatoms. The van der Waals surface area contributed by atoms with Gasteiger partial charge >= 0.3 is 18.1 Å². The van der Waals surface area contributed by atoms with Crippen molar-refractivity contribution in [2.24, 2.45) is 17.1 Å². The molecule has 2 aromatic heterocycles. The van der Waals surface area contributed by atoms with E-state index in [1.165, 1.54) is 0 Å². The summed E-state index contributed by atoms with van der Waals surface area (Å²) in [7, 11) is 1.09. The standard InChI is InChI=1S/C36H48F3N9O9/c1-20(2)28(50)46-33-45-27-26(30(52)47-33)43-22(18-42-27)19-48(32(54)36(37,38)39)23-10-8-21(9-11-23)29(51)44-24(31(53)55-7)12-13-25(49)41-15-17-57-35(6,34(3,4)5)56-16-14-40/h8-11,18,20,24H,12-17,19,40H2,1-7H3,(H,41,49)(H,44,51)(H2,42,45,46,47,50,52)/t24-,35?/m0/s1. The van der Waals surface area contributed by atoms with Crippen molar-refractivity contribution in [2.75, 3.05) is 43.6 Å². The Morgan fingerprint density at radius 1 is 0.982 bits per heavy atom. The van der Waals surface area contributed by atoms with E-state index in [4.69, 9.17) is 19.9 Å². The topological polar surface area (TPSA) is 250 Å². The molecule has 4 amide bonds. The number of aromatic nitrogens is 4. The van der Waals surface area contributed by atoms with Crippen LogP contribution in [0.3, 0.4) is 0 Å². The Kier molecular flexibility index (Phi) is 15.7. The number of H-pyrrole nitrogens is 1. The molecule has 0 aliphatic carbocycles. The molecule has 0 aliphatic rings. The number of rotatable bonds is 18. The number of carbonyl (C=O) groups excluding carboxylic acids is 5. The lowest BCUT2D eigenvalue weighted by atomic mass is 9.86. The van der Waals surface area contributed by atoms with E-state index in [-0.39, 0.29) is 66.7 Å². The normalized spacial score (nSPS) is 13.4. The summed E-state index contributed by atoms with van der Waals surface area (Å²) in [6.07, 6.45) is -4.66. The second kappa shape index (κ2) is 19.6. The number of esters is 1. The number of methoxy groups -OCH3 is 1. The molecular formula is C36H48F3N9O9. The van der Waals surface area contributed by atoms with Gasteiger partial charge in [-0.15, -0.1) is 0 Å². The largest absolute Gasteiger partial charge is 0.471 e. The molecule has 312 valence electrons. The number of amides is 4. The number of nitrogens with two attached hydrogens (primary N) is 1. The molecule has 0 saturated carbocycles. The van der Waals surface area contributed by atoms with Crippen LogP contribution in [0.5, 0.6) is 0 Å². The van der Waals surface area contributed by atoms with Crippen molar-refractivity contribution in [2.45, 2.75) is 78.9 Å². The maximum Gasteiger partial charge on any atom is 0.471 e. The van der Waals surface area contributed by atoms with Crippen molar-refractivity contribution in [3.63, 3.8) is 0 Å². The minimum absolute atomic E-state index is 0.101. The van der Waals surface area contributed by atoms with Gasteiger partial charge < -0.3 is 30.6 Å². The smallest absolute Gasteiger partial charge is 0.467 e. The molecule has 3 rings (SSSR count). The van der Waals surface area contributed by atoms with Gasteiger partial charge in [-0.1, -0.05) is 34.6 Å². The van der Waals surface area contributed by atoms with Gasteiger partial charge in [0.25, 0.3) is 11.5 Å². The van der Waals surface area contributed by atoms with Crippen LogP contribution in [0, 0.1) is 11.3 Å². The van der Waals surface area contributed by atoms with Gasteiger partial charge in [-0.2, -0.15) is 18.2 Å². The maximum absolute atomic E-state index is 13.7. The predicted octanol–water partition coefficient (Wildman–Crippen LogP) is 2.33. The second-order valence-electron chi connectivity index (χ2n) is 14.1. The lowest BCUT2D eigenvalue weighted by Crippen LogP contribution is -2.47. The Hall–Kier alpha value is -5.54. The molecule has 0 radical (unpaired) electrons. The van der Waals surface area contributed by atoms with Crippen molar-refractivity contribution in [1.29, 1.82) is 0 Å². The fourth-order valence-corrected chi connectivity index (χ4v) is 4.90. The Morgan fingerprint density at radius 3 is 2.21 bits per heavy atom. The molecule has 2 heterocycles. The first-order valence-corrected chi connectivity index (χ1v) is 17.8. The van der Waals surface area contributed by atoms with Crippen LogP contribution in [-0.4, -0.2) is 101 Å². The van der Waals surface area contributed by atoms with Crippen LogP contribution in [0.4, 0.5) is 24.8 Å². The van der Waals surface area contributed by atoms with Crippen LogP contribution in [0.15, 0.2) is 35.3 Å². The number of hydrogen-bond donors (Lipinski definition) is 5. The molecule has 6 N–H and O–H groups in total. The van der Waals surface area contributed by atoms with Gasteiger partial charge in [0.2, 0.25) is 17.8 Å². The number of ether oxygens (including phenoxy) is 3. The number of hydrogen-bond acceptors (Lipinski definition) is 13. The first-order chi connectivity index (χ1) is 26.6. The average Bonchev–Trinajstić information content (AvgIpc) is 3.15. The van der Waals surface area contributed by atoms with Gasteiger partial charge in [-0.3, -0.25) is 39.2 Å². The molecule has 0 saturated heterocycles. The van der Waals surface area contributed by atoms with Gasteiger partial charge in [0.05, 0.1) is 38.8 Å². The van der Waals surface area contributed by atoms with Crippen molar-refractivity contribution < 1.29 is 51.4 Å². The quantitative estimate of drug-likeness (QED) is 0.0704. The minimum Gasteiger partial charge on any atom is -0.467 e. The first-order valence-electron chi connectivity index (χ1n) is 17.8. The summed E-state index contributed by atoms with van der Waals surface area (Å²) in [6, 6.07) is 3.11. The summed E-state index contributed by atoms with van der Waals surface area (Å²) in [4.78, 5) is 90.1. The van der Waals surface area contributed by atoms with Crippen molar-refractivity contribution in [3.8, 4) is 0 Å². The van der Waals surface area contributed by atoms with E-state index >= 15 is 0 Å². The SMILES string of the molecule is COC(=O)[C@H](CCC(=O)NCCOC(C)(OCCN)C(C)(C)C)NC(=O)c1ccc(N(Cc2cnc3nc(NC(=O)C(C)C)[nH]c(=O)c3n2)C(=O)C(F)(F)F)cc1. The van der Waals surface area contributed by atoms with E-state index in [1.54, 1.807) is 20.8 Å². The minimum atomic E-state index is -5.33. The van der Waals surface area contributed by atoms with Crippen molar-refractivity contribution in [1.82, 2.24) is 30.6 Å².